The molecule has 30 heavy (non-hydrogen) atoms. The minimum Gasteiger partial charge on any atom is -0.507 e. The number of phenolic OH excluding ortho intramolecular Hbond substituents is 2. The van der Waals surface area contributed by atoms with E-state index in [0.29, 0.717) is 11.3 Å². The molecule has 3 heteroatoms. The van der Waals surface area contributed by atoms with Gasteiger partial charge in [-0.15, -0.1) is 0 Å². The topological polar surface area (TPSA) is 52.8 Å². The molecule has 0 atom stereocenters. The highest BCUT2D eigenvalue weighted by atomic mass is 16.3. The Kier molecular flexibility index (Phi) is 3.96. The predicted molar refractivity (Wildman–Crippen MR) is 121 cm³/mol. The second-order valence-electron chi connectivity index (χ2n) is 9.88. The van der Waals surface area contributed by atoms with Crippen molar-refractivity contribution < 1.29 is 10.2 Å². The molecule has 0 aromatic heterocycles. The van der Waals surface area contributed by atoms with Crippen molar-refractivity contribution in [2.45, 2.75) is 43.9 Å². The van der Waals surface area contributed by atoms with E-state index in [1.54, 1.807) is 12.3 Å². The summed E-state index contributed by atoms with van der Waals surface area (Å²) >= 11 is 0. The molecule has 3 aromatic rings. The summed E-state index contributed by atoms with van der Waals surface area (Å²) in [6.07, 6.45) is 9.81. The van der Waals surface area contributed by atoms with Crippen LogP contribution in [-0.2, 0) is 5.41 Å². The van der Waals surface area contributed by atoms with E-state index < -0.39 is 0 Å². The van der Waals surface area contributed by atoms with Gasteiger partial charge in [0.25, 0.3) is 0 Å². The number of hydrogen-bond acceptors (Lipinski definition) is 3. The quantitative estimate of drug-likeness (QED) is 0.498. The normalized spacial score (nSPS) is 29.8. The number of aromatic hydroxyl groups is 2. The maximum atomic E-state index is 10.5. The van der Waals surface area contributed by atoms with Crippen LogP contribution in [0.25, 0.3) is 10.8 Å². The minimum absolute atomic E-state index is 0.194. The number of hydrogen-bond donors (Lipinski definition) is 2. The highest BCUT2D eigenvalue weighted by molar-refractivity contribution is 6.03. The van der Waals surface area contributed by atoms with Crippen molar-refractivity contribution in [2.24, 2.45) is 22.7 Å². The first kappa shape index (κ1) is 18.0. The zero-order chi connectivity index (χ0) is 20.3. The first-order valence-corrected chi connectivity index (χ1v) is 11.2. The van der Waals surface area contributed by atoms with Crippen LogP contribution in [0.5, 0.6) is 11.5 Å². The molecule has 4 aliphatic carbocycles. The highest BCUT2D eigenvalue weighted by Gasteiger charge is 2.51. The number of fused-ring (bicyclic) bond motifs is 1. The highest BCUT2D eigenvalue weighted by Crippen LogP contribution is 2.61. The molecule has 0 heterocycles. The zero-order valence-corrected chi connectivity index (χ0v) is 17.1. The lowest BCUT2D eigenvalue weighted by Gasteiger charge is -2.57. The number of phenols is 2. The number of nitrogens with zero attached hydrogens (tertiary/aromatic N) is 1. The summed E-state index contributed by atoms with van der Waals surface area (Å²) in [5, 5.41) is 22.9. The third-order valence-corrected chi connectivity index (χ3v) is 7.91. The fourth-order valence-corrected chi connectivity index (χ4v) is 6.97. The van der Waals surface area contributed by atoms with Crippen LogP contribution < -0.4 is 0 Å². The van der Waals surface area contributed by atoms with E-state index in [1.165, 1.54) is 44.1 Å². The average Bonchev–Trinajstić information content (AvgIpc) is 2.73. The van der Waals surface area contributed by atoms with E-state index in [-0.39, 0.29) is 16.9 Å². The molecule has 0 spiro atoms. The Morgan fingerprint density at radius 3 is 2.20 bits per heavy atom. The SMILES string of the molecule is Oc1ccc(C23CC4CC(CC(C4)C2)C3)cc1N=Cc1c(O)ccc2ccccc12. The van der Waals surface area contributed by atoms with Crippen LogP contribution in [0.1, 0.15) is 49.7 Å². The molecule has 152 valence electrons. The molecule has 0 aliphatic heterocycles. The largest absolute Gasteiger partial charge is 0.507 e. The van der Waals surface area contributed by atoms with Crippen molar-refractivity contribution >= 4 is 22.7 Å². The van der Waals surface area contributed by atoms with Crippen molar-refractivity contribution in [3.8, 4) is 11.5 Å². The summed E-state index contributed by atoms with van der Waals surface area (Å²) in [4.78, 5) is 4.64. The fourth-order valence-electron chi connectivity index (χ4n) is 6.97. The molecule has 4 saturated carbocycles. The lowest BCUT2D eigenvalue weighted by Crippen LogP contribution is -2.48. The van der Waals surface area contributed by atoms with Crippen molar-refractivity contribution in [1.29, 1.82) is 0 Å². The van der Waals surface area contributed by atoms with Crippen LogP contribution >= 0.6 is 0 Å². The summed E-state index contributed by atoms with van der Waals surface area (Å²) < 4.78 is 0. The smallest absolute Gasteiger partial charge is 0.141 e. The Morgan fingerprint density at radius 1 is 0.800 bits per heavy atom. The molecule has 3 nitrogen and oxygen atoms in total. The van der Waals surface area contributed by atoms with Gasteiger partial charge in [0.1, 0.15) is 17.2 Å². The summed E-state index contributed by atoms with van der Waals surface area (Å²) in [7, 11) is 0. The standard InChI is InChI=1S/C27H27NO2/c29-25-7-5-20-3-1-2-4-22(20)23(25)16-28-24-12-21(6-8-26(24)30)27-13-17-9-18(14-27)11-19(10-17)15-27/h1-8,12,16-19,29-30H,9-11,13-15H2. The molecular weight excluding hydrogens is 370 g/mol. The maximum absolute atomic E-state index is 10.5. The van der Waals surface area contributed by atoms with Crippen molar-refractivity contribution in [3.63, 3.8) is 0 Å². The average molecular weight is 398 g/mol. The molecule has 0 saturated heterocycles. The maximum Gasteiger partial charge on any atom is 0.141 e. The van der Waals surface area contributed by atoms with Gasteiger partial charge in [0.2, 0.25) is 0 Å². The Balaban J connectivity index is 1.39. The van der Waals surface area contributed by atoms with Crippen LogP contribution in [0.3, 0.4) is 0 Å². The Bertz CT molecular complexity index is 1130. The number of aliphatic imine (C=N–C) groups is 1. The minimum atomic E-state index is 0.194. The van der Waals surface area contributed by atoms with Gasteiger partial charge in [-0.1, -0.05) is 36.4 Å². The van der Waals surface area contributed by atoms with Gasteiger partial charge < -0.3 is 10.2 Å². The Morgan fingerprint density at radius 2 is 1.47 bits per heavy atom. The molecule has 7 rings (SSSR count). The Hall–Kier alpha value is -2.81. The van der Waals surface area contributed by atoms with Crippen molar-refractivity contribution in [3.05, 3.63) is 65.7 Å². The van der Waals surface area contributed by atoms with Gasteiger partial charge in [-0.3, -0.25) is 4.99 Å². The van der Waals surface area contributed by atoms with Gasteiger partial charge in [-0.25, -0.2) is 0 Å². The predicted octanol–water partition coefficient (Wildman–Crippen LogP) is 6.47. The van der Waals surface area contributed by atoms with E-state index in [4.69, 9.17) is 0 Å². The second-order valence-corrected chi connectivity index (χ2v) is 9.88. The van der Waals surface area contributed by atoms with E-state index in [0.717, 1.165) is 28.5 Å². The molecular formula is C27H27NO2. The first-order chi connectivity index (χ1) is 14.6. The molecule has 4 fully saturated rings. The molecule has 3 aromatic carbocycles. The summed E-state index contributed by atoms with van der Waals surface area (Å²) in [6.45, 7) is 0. The molecule has 4 aliphatic rings. The lowest BCUT2D eigenvalue weighted by atomic mass is 9.48. The summed E-state index contributed by atoms with van der Waals surface area (Å²) in [5.74, 6) is 3.03. The van der Waals surface area contributed by atoms with Crippen LogP contribution in [0.2, 0.25) is 0 Å². The molecule has 0 unspecified atom stereocenters. The van der Waals surface area contributed by atoms with Gasteiger partial charge in [0, 0.05) is 11.8 Å². The number of rotatable bonds is 3. The van der Waals surface area contributed by atoms with Crippen LogP contribution in [0.4, 0.5) is 5.69 Å². The molecule has 4 bridgehead atoms. The van der Waals surface area contributed by atoms with Crippen molar-refractivity contribution in [1.82, 2.24) is 0 Å². The van der Waals surface area contributed by atoms with Crippen LogP contribution in [-0.4, -0.2) is 16.4 Å². The third-order valence-electron chi connectivity index (χ3n) is 7.91. The lowest BCUT2D eigenvalue weighted by molar-refractivity contribution is -0.00518. The van der Waals surface area contributed by atoms with Gasteiger partial charge in [-0.2, -0.15) is 0 Å². The van der Waals surface area contributed by atoms with Gasteiger partial charge in [0.15, 0.2) is 0 Å². The molecule has 2 N–H and O–H groups in total. The van der Waals surface area contributed by atoms with Crippen LogP contribution in [0.15, 0.2) is 59.6 Å². The first-order valence-electron chi connectivity index (χ1n) is 11.2. The Labute approximate surface area is 177 Å². The number of benzene rings is 3. The van der Waals surface area contributed by atoms with E-state index in [9.17, 15) is 10.2 Å². The fraction of sp³-hybridized carbons (Fsp3) is 0.370. The van der Waals surface area contributed by atoms with Crippen LogP contribution in [0, 0.1) is 17.8 Å². The van der Waals surface area contributed by atoms with Gasteiger partial charge in [0.05, 0.1) is 0 Å². The van der Waals surface area contributed by atoms with Gasteiger partial charge >= 0.3 is 0 Å². The summed E-state index contributed by atoms with van der Waals surface area (Å²) in [6, 6.07) is 17.6. The van der Waals surface area contributed by atoms with Crippen molar-refractivity contribution in [2.75, 3.05) is 0 Å². The van der Waals surface area contributed by atoms with E-state index in [2.05, 4.69) is 17.1 Å². The monoisotopic (exact) mass is 397 g/mol. The third kappa shape index (κ3) is 2.83. The van der Waals surface area contributed by atoms with Gasteiger partial charge in [-0.05, 0) is 96.2 Å². The summed E-state index contributed by atoms with van der Waals surface area (Å²) in [5.41, 5.74) is 2.89. The van der Waals surface area contributed by atoms with E-state index >= 15 is 0 Å². The molecule has 0 radical (unpaired) electrons. The van der Waals surface area contributed by atoms with E-state index in [1.807, 2.05) is 36.4 Å². The molecule has 0 amide bonds. The zero-order valence-electron chi connectivity index (χ0n) is 17.1. The second kappa shape index (κ2) is 6.60.